The smallest absolute Gasteiger partial charge is 0.0818 e. The maximum atomic E-state index is 9.99. The van der Waals surface area contributed by atoms with Gasteiger partial charge in [0.25, 0.3) is 0 Å². The number of benzene rings is 1. The Morgan fingerprint density at radius 1 is 1.43 bits per heavy atom. The normalized spacial score (nSPS) is 19.1. The summed E-state index contributed by atoms with van der Waals surface area (Å²) in [5.41, 5.74) is 0.964. The van der Waals surface area contributed by atoms with E-state index in [0.29, 0.717) is 10.9 Å². The van der Waals surface area contributed by atoms with Gasteiger partial charge in [-0.2, -0.15) is 0 Å². The molecule has 1 aliphatic rings. The van der Waals surface area contributed by atoms with Crippen LogP contribution in [0.15, 0.2) is 22.7 Å². The lowest BCUT2D eigenvalue weighted by Crippen LogP contribution is -2.19. The third kappa shape index (κ3) is 1.97. The molecule has 14 heavy (non-hydrogen) atoms. The molecular formula is C11H12BrClO. The quantitative estimate of drug-likeness (QED) is 0.867. The van der Waals surface area contributed by atoms with E-state index in [9.17, 15) is 5.11 Å². The minimum absolute atomic E-state index is 0.322. The summed E-state index contributed by atoms with van der Waals surface area (Å²) in [5.74, 6) is 0.447. The minimum atomic E-state index is -0.322. The molecule has 1 aromatic carbocycles. The molecule has 0 spiro atoms. The maximum Gasteiger partial charge on any atom is 0.0818 e. The Hall–Kier alpha value is -0.0500. The lowest BCUT2D eigenvalue weighted by molar-refractivity contribution is 0.0620. The molecule has 1 fully saturated rings. The summed E-state index contributed by atoms with van der Waals surface area (Å²) < 4.78 is 0.857. The highest BCUT2D eigenvalue weighted by Gasteiger charge is 2.26. The van der Waals surface area contributed by atoms with Crippen molar-refractivity contribution in [2.75, 3.05) is 0 Å². The van der Waals surface area contributed by atoms with Gasteiger partial charge in [0.15, 0.2) is 0 Å². The Morgan fingerprint density at radius 3 is 2.64 bits per heavy atom. The van der Waals surface area contributed by atoms with Crippen molar-refractivity contribution in [3.8, 4) is 0 Å². The number of halogens is 2. The average molecular weight is 276 g/mol. The van der Waals surface area contributed by atoms with Gasteiger partial charge in [0, 0.05) is 4.47 Å². The molecule has 3 heteroatoms. The number of rotatable bonds is 2. The third-order valence-electron chi connectivity index (χ3n) is 2.88. The van der Waals surface area contributed by atoms with Crippen molar-refractivity contribution < 1.29 is 5.11 Å². The zero-order valence-electron chi connectivity index (χ0n) is 7.71. The number of hydrogen-bond donors (Lipinski definition) is 1. The van der Waals surface area contributed by atoms with Crippen LogP contribution in [0.2, 0.25) is 5.02 Å². The van der Waals surface area contributed by atoms with Crippen molar-refractivity contribution in [3.05, 3.63) is 33.3 Å². The van der Waals surface area contributed by atoms with E-state index < -0.39 is 0 Å². The second-order valence-corrected chi connectivity index (χ2v) is 5.07. The van der Waals surface area contributed by atoms with E-state index in [1.54, 1.807) is 0 Å². The van der Waals surface area contributed by atoms with Crippen LogP contribution in [0.1, 0.15) is 30.9 Å². The molecule has 0 aliphatic heterocycles. The van der Waals surface area contributed by atoms with Crippen LogP contribution in [0.25, 0.3) is 0 Å². The van der Waals surface area contributed by atoms with Gasteiger partial charge in [-0.25, -0.2) is 0 Å². The molecule has 1 N–H and O–H groups in total. The fourth-order valence-electron chi connectivity index (χ4n) is 1.72. The lowest BCUT2D eigenvalue weighted by atomic mass is 9.79. The highest BCUT2D eigenvalue weighted by Crippen LogP contribution is 2.38. The molecule has 1 aliphatic carbocycles. The summed E-state index contributed by atoms with van der Waals surface area (Å²) >= 11 is 9.24. The Morgan fingerprint density at radius 2 is 2.14 bits per heavy atom. The topological polar surface area (TPSA) is 20.2 Å². The molecule has 0 aromatic heterocycles. The average Bonchev–Trinajstić information content (AvgIpc) is 2.06. The van der Waals surface area contributed by atoms with E-state index in [-0.39, 0.29) is 6.10 Å². The molecule has 0 amide bonds. The summed E-state index contributed by atoms with van der Waals surface area (Å²) in [7, 11) is 0. The van der Waals surface area contributed by atoms with Crippen LogP contribution in [0.4, 0.5) is 0 Å². The second-order valence-electron chi connectivity index (χ2n) is 3.81. The molecule has 0 bridgehead atoms. The molecule has 1 nitrogen and oxygen atoms in total. The van der Waals surface area contributed by atoms with Crippen molar-refractivity contribution >= 4 is 27.5 Å². The zero-order valence-corrected chi connectivity index (χ0v) is 10.1. The minimum Gasteiger partial charge on any atom is -0.388 e. The fourth-order valence-corrected chi connectivity index (χ4v) is 2.24. The Balaban J connectivity index is 2.18. The van der Waals surface area contributed by atoms with Crippen molar-refractivity contribution in [3.63, 3.8) is 0 Å². The van der Waals surface area contributed by atoms with Crippen LogP contribution < -0.4 is 0 Å². The first-order chi connectivity index (χ1) is 6.68. The summed E-state index contributed by atoms with van der Waals surface area (Å²) in [5, 5.41) is 10.7. The molecule has 1 saturated carbocycles. The summed E-state index contributed by atoms with van der Waals surface area (Å²) in [6, 6.07) is 5.63. The number of aliphatic hydroxyl groups excluding tert-OH is 1. The standard InChI is InChI=1S/C11H12BrClO/c12-9-6-8(4-5-10(9)13)11(14)7-2-1-3-7/h4-7,11,14H,1-3H2. The van der Waals surface area contributed by atoms with Gasteiger partial charge in [-0.05, 0) is 52.4 Å². The maximum absolute atomic E-state index is 9.99. The molecule has 0 radical (unpaired) electrons. The molecule has 1 unspecified atom stereocenters. The third-order valence-corrected chi connectivity index (χ3v) is 4.10. The highest BCUT2D eigenvalue weighted by atomic mass is 79.9. The molecule has 1 aromatic rings. The van der Waals surface area contributed by atoms with E-state index in [0.717, 1.165) is 22.9 Å². The van der Waals surface area contributed by atoms with Crippen molar-refractivity contribution in [1.82, 2.24) is 0 Å². The summed E-state index contributed by atoms with van der Waals surface area (Å²) in [4.78, 5) is 0. The first-order valence-corrected chi connectivity index (χ1v) is 5.98. The number of hydrogen-bond acceptors (Lipinski definition) is 1. The monoisotopic (exact) mass is 274 g/mol. The van der Waals surface area contributed by atoms with Gasteiger partial charge < -0.3 is 5.11 Å². The van der Waals surface area contributed by atoms with Gasteiger partial charge in [-0.15, -0.1) is 0 Å². The molecular weight excluding hydrogens is 263 g/mol. The second kappa shape index (κ2) is 4.21. The molecule has 76 valence electrons. The molecule has 0 heterocycles. The van der Waals surface area contributed by atoms with E-state index in [4.69, 9.17) is 11.6 Å². The van der Waals surface area contributed by atoms with Gasteiger partial charge in [0.2, 0.25) is 0 Å². The Kier molecular flexibility index (Phi) is 3.15. The Labute approximate surface area is 97.2 Å². The summed E-state index contributed by atoms with van der Waals surface area (Å²) in [6.07, 6.45) is 3.21. The first kappa shape index (κ1) is 10.5. The largest absolute Gasteiger partial charge is 0.388 e. The summed E-state index contributed by atoms with van der Waals surface area (Å²) in [6.45, 7) is 0. The van der Waals surface area contributed by atoms with Crippen molar-refractivity contribution in [1.29, 1.82) is 0 Å². The van der Waals surface area contributed by atoms with Crippen molar-refractivity contribution in [2.45, 2.75) is 25.4 Å². The van der Waals surface area contributed by atoms with Gasteiger partial charge in [-0.1, -0.05) is 24.1 Å². The number of aliphatic hydroxyl groups is 1. The molecule has 2 rings (SSSR count). The van der Waals surface area contributed by atoms with Crippen LogP contribution in [-0.4, -0.2) is 5.11 Å². The Bertz CT molecular complexity index is 336. The fraction of sp³-hybridized carbons (Fsp3) is 0.455. The predicted molar refractivity (Wildman–Crippen MR) is 61.5 cm³/mol. The first-order valence-electron chi connectivity index (χ1n) is 4.81. The van der Waals surface area contributed by atoms with Crippen LogP contribution in [0.3, 0.4) is 0 Å². The lowest BCUT2D eigenvalue weighted by Gasteiger charge is -2.30. The van der Waals surface area contributed by atoms with E-state index in [2.05, 4.69) is 15.9 Å². The van der Waals surface area contributed by atoms with E-state index >= 15 is 0 Å². The predicted octanol–water partition coefficient (Wildman–Crippen LogP) is 3.94. The van der Waals surface area contributed by atoms with Crippen LogP contribution in [0, 0.1) is 5.92 Å². The van der Waals surface area contributed by atoms with Gasteiger partial charge in [-0.3, -0.25) is 0 Å². The van der Waals surface area contributed by atoms with Crippen LogP contribution in [0.5, 0.6) is 0 Å². The SMILES string of the molecule is OC(c1ccc(Cl)c(Br)c1)C1CCC1. The zero-order chi connectivity index (χ0) is 10.1. The molecule has 0 saturated heterocycles. The van der Waals surface area contributed by atoms with Crippen LogP contribution in [-0.2, 0) is 0 Å². The highest BCUT2D eigenvalue weighted by molar-refractivity contribution is 9.10. The molecule has 1 atom stereocenters. The van der Waals surface area contributed by atoms with E-state index in [1.807, 2.05) is 18.2 Å². The van der Waals surface area contributed by atoms with Gasteiger partial charge >= 0.3 is 0 Å². The van der Waals surface area contributed by atoms with Gasteiger partial charge in [0.1, 0.15) is 0 Å². The van der Waals surface area contributed by atoms with Gasteiger partial charge in [0.05, 0.1) is 11.1 Å². The van der Waals surface area contributed by atoms with Crippen LogP contribution >= 0.6 is 27.5 Å². The van der Waals surface area contributed by atoms with Crippen molar-refractivity contribution in [2.24, 2.45) is 5.92 Å². The van der Waals surface area contributed by atoms with E-state index in [1.165, 1.54) is 6.42 Å².